The Morgan fingerprint density at radius 3 is 2.55 bits per heavy atom. The number of rotatable bonds is 3. The predicted octanol–water partition coefficient (Wildman–Crippen LogP) is 1.24. The largest absolute Gasteiger partial charge is 0.419 e. The molecule has 0 unspecified atom stereocenters. The SMILES string of the molecule is CC1(C)OC(=O)C(=C/C=N\Nc2ccccn2)C(=O)O1. The summed E-state index contributed by atoms with van der Waals surface area (Å²) < 4.78 is 9.85. The first-order valence-electron chi connectivity index (χ1n) is 5.85. The number of anilines is 1. The summed E-state index contributed by atoms with van der Waals surface area (Å²) in [5, 5.41) is 3.81. The van der Waals surface area contributed by atoms with Gasteiger partial charge in [-0.25, -0.2) is 14.6 Å². The molecule has 2 rings (SSSR count). The van der Waals surface area contributed by atoms with Crippen LogP contribution < -0.4 is 5.43 Å². The summed E-state index contributed by atoms with van der Waals surface area (Å²) in [5.41, 5.74) is 2.43. The molecule has 1 aliphatic rings. The van der Waals surface area contributed by atoms with Crippen molar-refractivity contribution in [3.8, 4) is 0 Å². The summed E-state index contributed by atoms with van der Waals surface area (Å²) in [4.78, 5) is 27.2. The highest BCUT2D eigenvalue weighted by Crippen LogP contribution is 2.22. The zero-order valence-corrected chi connectivity index (χ0v) is 11.0. The van der Waals surface area contributed by atoms with Crippen molar-refractivity contribution in [1.29, 1.82) is 0 Å². The Balaban J connectivity index is 2.01. The van der Waals surface area contributed by atoms with Crippen LogP contribution >= 0.6 is 0 Å². The first-order valence-corrected chi connectivity index (χ1v) is 5.85. The van der Waals surface area contributed by atoms with Gasteiger partial charge < -0.3 is 9.47 Å². The lowest BCUT2D eigenvalue weighted by Crippen LogP contribution is -2.41. The Bertz CT molecular complexity index is 557. The van der Waals surface area contributed by atoms with Gasteiger partial charge in [-0.1, -0.05) is 6.07 Å². The smallest absolute Gasteiger partial charge is 0.348 e. The van der Waals surface area contributed by atoms with Gasteiger partial charge in [-0.2, -0.15) is 5.10 Å². The van der Waals surface area contributed by atoms with E-state index in [1.54, 1.807) is 24.4 Å². The number of nitrogens with one attached hydrogen (secondary N) is 1. The molecule has 0 atom stereocenters. The number of cyclic esters (lactones) is 2. The number of pyridine rings is 1. The second kappa shape index (κ2) is 5.52. The molecule has 20 heavy (non-hydrogen) atoms. The van der Waals surface area contributed by atoms with E-state index in [1.165, 1.54) is 26.1 Å². The summed E-state index contributed by atoms with van der Waals surface area (Å²) in [6, 6.07) is 5.28. The van der Waals surface area contributed by atoms with Crippen LogP contribution in [0.25, 0.3) is 0 Å². The van der Waals surface area contributed by atoms with Crippen molar-refractivity contribution in [3.63, 3.8) is 0 Å². The Morgan fingerprint density at radius 1 is 1.25 bits per heavy atom. The van der Waals surface area contributed by atoms with E-state index in [9.17, 15) is 9.59 Å². The summed E-state index contributed by atoms with van der Waals surface area (Å²) in [6.45, 7) is 2.96. The lowest BCUT2D eigenvalue weighted by molar-refractivity contribution is -0.222. The highest BCUT2D eigenvalue weighted by atomic mass is 16.7. The molecule has 0 saturated carbocycles. The molecular weight excluding hydrogens is 262 g/mol. The molecule has 0 aliphatic carbocycles. The van der Waals surface area contributed by atoms with Gasteiger partial charge in [-0.3, -0.25) is 5.43 Å². The first kappa shape index (κ1) is 13.7. The van der Waals surface area contributed by atoms with Gasteiger partial charge in [0.2, 0.25) is 0 Å². The molecule has 7 nitrogen and oxygen atoms in total. The average Bonchev–Trinajstić information content (AvgIpc) is 2.37. The van der Waals surface area contributed by atoms with E-state index in [-0.39, 0.29) is 5.57 Å². The van der Waals surface area contributed by atoms with Gasteiger partial charge >= 0.3 is 11.9 Å². The van der Waals surface area contributed by atoms with E-state index < -0.39 is 17.7 Å². The van der Waals surface area contributed by atoms with E-state index in [2.05, 4.69) is 15.5 Å². The van der Waals surface area contributed by atoms with Crippen LogP contribution in [0.15, 0.2) is 41.1 Å². The zero-order valence-electron chi connectivity index (χ0n) is 11.0. The maximum atomic E-state index is 11.6. The Labute approximate surface area is 115 Å². The van der Waals surface area contributed by atoms with Gasteiger partial charge in [-0.15, -0.1) is 0 Å². The number of carbonyl (C=O) groups excluding carboxylic acids is 2. The Kier molecular flexibility index (Phi) is 3.79. The number of allylic oxidation sites excluding steroid dienone is 1. The molecule has 0 amide bonds. The van der Waals surface area contributed by atoms with Gasteiger partial charge in [0.1, 0.15) is 11.4 Å². The van der Waals surface area contributed by atoms with Crippen molar-refractivity contribution < 1.29 is 19.1 Å². The fourth-order valence-electron chi connectivity index (χ4n) is 1.44. The lowest BCUT2D eigenvalue weighted by Gasteiger charge is -2.29. The molecule has 1 aromatic rings. The maximum absolute atomic E-state index is 11.6. The van der Waals surface area contributed by atoms with Gasteiger partial charge in [0.05, 0.1) is 0 Å². The monoisotopic (exact) mass is 275 g/mol. The van der Waals surface area contributed by atoms with E-state index >= 15 is 0 Å². The third-order valence-electron chi connectivity index (χ3n) is 2.28. The maximum Gasteiger partial charge on any atom is 0.348 e. The molecule has 7 heteroatoms. The normalized spacial score (nSPS) is 17.6. The third kappa shape index (κ3) is 3.41. The second-order valence-corrected chi connectivity index (χ2v) is 4.36. The zero-order chi connectivity index (χ0) is 14.6. The molecular formula is C13H13N3O4. The molecule has 1 aliphatic heterocycles. The van der Waals surface area contributed by atoms with Crippen LogP contribution in [0.2, 0.25) is 0 Å². The summed E-state index contributed by atoms with van der Waals surface area (Å²) in [7, 11) is 0. The topological polar surface area (TPSA) is 89.9 Å². The fraction of sp³-hybridized carbons (Fsp3) is 0.231. The number of hydrazone groups is 1. The summed E-state index contributed by atoms with van der Waals surface area (Å²) >= 11 is 0. The van der Waals surface area contributed by atoms with Crippen molar-refractivity contribution in [2.24, 2.45) is 5.10 Å². The van der Waals surface area contributed by atoms with Crippen LogP contribution in [-0.2, 0) is 19.1 Å². The van der Waals surface area contributed by atoms with E-state index in [0.29, 0.717) is 5.82 Å². The summed E-state index contributed by atoms with van der Waals surface area (Å²) in [6.07, 6.45) is 4.08. The standard InChI is InChI=1S/C13H13N3O4/c1-13(2)19-11(17)9(12(18)20-13)6-8-15-16-10-5-3-4-7-14-10/h3-8H,1-2H3,(H,14,16)/b15-8-. The van der Waals surface area contributed by atoms with Crippen LogP contribution in [0.1, 0.15) is 13.8 Å². The van der Waals surface area contributed by atoms with Gasteiger partial charge in [0.15, 0.2) is 0 Å². The van der Waals surface area contributed by atoms with Crippen LogP contribution in [0.3, 0.4) is 0 Å². The number of hydrogen-bond acceptors (Lipinski definition) is 7. The number of carbonyl (C=O) groups is 2. The molecule has 1 saturated heterocycles. The Morgan fingerprint density at radius 2 is 1.95 bits per heavy atom. The lowest BCUT2D eigenvalue weighted by atomic mass is 10.2. The van der Waals surface area contributed by atoms with Crippen LogP contribution in [-0.4, -0.2) is 28.9 Å². The highest BCUT2D eigenvalue weighted by Gasteiger charge is 2.38. The number of esters is 2. The van der Waals surface area contributed by atoms with Crippen LogP contribution in [0.5, 0.6) is 0 Å². The third-order valence-corrected chi connectivity index (χ3v) is 2.28. The van der Waals surface area contributed by atoms with Crippen molar-refractivity contribution in [1.82, 2.24) is 4.98 Å². The molecule has 0 bridgehead atoms. The molecule has 0 radical (unpaired) electrons. The molecule has 1 fully saturated rings. The van der Waals surface area contributed by atoms with Crippen molar-refractivity contribution in [3.05, 3.63) is 36.0 Å². The number of ether oxygens (including phenoxy) is 2. The molecule has 0 spiro atoms. The average molecular weight is 275 g/mol. The molecule has 104 valence electrons. The number of nitrogens with zero attached hydrogens (tertiary/aromatic N) is 2. The molecule has 1 aromatic heterocycles. The van der Waals surface area contributed by atoms with E-state index in [4.69, 9.17) is 9.47 Å². The van der Waals surface area contributed by atoms with Gasteiger partial charge in [-0.05, 0) is 18.2 Å². The molecule has 1 N–H and O–H groups in total. The van der Waals surface area contributed by atoms with Gasteiger partial charge in [0.25, 0.3) is 5.79 Å². The van der Waals surface area contributed by atoms with Crippen molar-refractivity contribution in [2.45, 2.75) is 19.6 Å². The van der Waals surface area contributed by atoms with Crippen LogP contribution in [0.4, 0.5) is 5.82 Å². The van der Waals surface area contributed by atoms with Crippen molar-refractivity contribution in [2.75, 3.05) is 5.43 Å². The predicted molar refractivity (Wildman–Crippen MR) is 70.7 cm³/mol. The van der Waals surface area contributed by atoms with Crippen LogP contribution in [0, 0.1) is 0 Å². The summed E-state index contributed by atoms with van der Waals surface area (Å²) in [5.74, 6) is -2.18. The fourth-order valence-corrected chi connectivity index (χ4v) is 1.44. The number of hydrogen-bond donors (Lipinski definition) is 1. The first-order chi connectivity index (χ1) is 9.48. The second-order valence-electron chi connectivity index (χ2n) is 4.36. The quantitative estimate of drug-likeness (QED) is 0.293. The number of aromatic nitrogens is 1. The van der Waals surface area contributed by atoms with Gasteiger partial charge in [0, 0.05) is 26.3 Å². The minimum absolute atomic E-state index is 0.212. The Hall–Kier alpha value is -2.70. The minimum Gasteiger partial charge on any atom is -0.419 e. The minimum atomic E-state index is -1.24. The van der Waals surface area contributed by atoms with E-state index in [0.717, 1.165) is 0 Å². The van der Waals surface area contributed by atoms with E-state index in [1.807, 2.05) is 0 Å². The molecule has 2 heterocycles. The van der Waals surface area contributed by atoms with Crippen molar-refractivity contribution >= 4 is 24.0 Å². The molecule has 0 aromatic carbocycles. The highest BCUT2D eigenvalue weighted by molar-refractivity contribution is 6.17.